The number of halogens is 1. The number of carbonyl (C=O) groups is 1. The molecule has 168 valence electrons. The largest absolute Gasteiger partial charge is 0.493 e. The highest BCUT2D eigenvalue weighted by Crippen LogP contribution is 2.38. The minimum absolute atomic E-state index is 0.220. The summed E-state index contributed by atoms with van der Waals surface area (Å²) < 4.78 is 35.0. The van der Waals surface area contributed by atoms with Crippen molar-refractivity contribution in [1.82, 2.24) is 0 Å². The number of methoxy groups -OCH3 is 1. The van der Waals surface area contributed by atoms with E-state index in [9.17, 15) is 13.2 Å². The third kappa shape index (κ3) is 5.33. The van der Waals surface area contributed by atoms with E-state index in [0.717, 1.165) is 30.5 Å². The van der Waals surface area contributed by atoms with Crippen molar-refractivity contribution < 1.29 is 22.7 Å². The summed E-state index contributed by atoms with van der Waals surface area (Å²) in [5, 5.41) is 0.316. The lowest BCUT2D eigenvalue weighted by molar-refractivity contribution is 0.0984. The van der Waals surface area contributed by atoms with Crippen LogP contribution in [-0.4, -0.2) is 40.8 Å². The second-order valence-electron chi connectivity index (χ2n) is 8.14. The third-order valence-corrected chi connectivity index (χ3v) is 6.65. The van der Waals surface area contributed by atoms with Gasteiger partial charge in [-0.25, -0.2) is 8.42 Å². The number of nitrogens with zero attached hydrogens (tertiary/aromatic N) is 1. The number of fused-ring (bicyclic) bond motifs is 1. The molecule has 0 saturated carbocycles. The molecule has 1 amide bonds. The number of carbonyl (C=O) groups excluding carboxylic acids is 1. The number of sulfone groups is 1. The van der Waals surface area contributed by atoms with Crippen LogP contribution in [0.3, 0.4) is 0 Å². The number of anilines is 1. The fraction of sp³-hybridized carbons (Fsp3) is 0.435. The zero-order chi connectivity index (χ0) is 22.8. The van der Waals surface area contributed by atoms with E-state index in [1.165, 1.54) is 13.4 Å². The number of amides is 1. The number of hydrogen-bond donors (Lipinski definition) is 0. The predicted molar refractivity (Wildman–Crippen MR) is 123 cm³/mol. The Morgan fingerprint density at radius 1 is 1.23 bits per heavy atom. The van der Waals surface area contributed by atoms with E-state index >= 15 is 0 Å². The van der Waals surface area contributed by atoms with Crippen LogP contribution in [0.5, 0.6) is 11.5 Å². The molecule has 2 aromatic carbocycles. The average Bonchev–Trinajstić information content (AvgIpc) is 2.72. The molecule has 3 rings (SSSR count). The monoisotopic (exact) mass is 465 g/mol. The molecule has 6 nitrogen and oxygen atoms in total. The lowest BCUT2D eigenvalue weighted by atomic mass is 10.0. The van der Waals surface area contributed by atoms with Crippen LogP contribution in [0.2, 0.25) is 5.02 Å². The van der Waals surface area contributed by atoms with E-state index in [1.54, 1.807) is 35.2 Å². The molecule has 0 radical (unpaired) electrons. The van der Waals surface area contributed by atoms with Crippen molar-refractivity contribution in [3.63, 3.8) is 0 Å². The number of aryl methyl sites for hydroxylation is 1. The highest BCUT2D eigenvalue weighted by atomic mass is 35.5. The molecule has 0 aliphatic carbocycles. The molecule has 0 atom stereocenters. The first-order valence-corrected chi connectivity index (χ1v) is 12.5. The van der Waals surface area contributed by atoms with Crippen molar-refractivity contribution in [2.75, 3.05) is 31.4 Å². The highest BCUT2D eigenvalue weighted by Gasteiger charge is 2.26. The van der Waals surface area contributed by atoms with Crippen molar-refractivity contribution in [2.45, 2.75) is 38.0 Å². The molecule has 0 fully saturated rings. The SMILES string of the molecule is COc1cc(C(=O)N2CCCc3cc(S(C)(=O)=O)ccc32)cc(Cl)c1OCCC(C)C. The van der Waals surface area contributed by atoms with Gasteiger partial charge in [-0.05, 0) is 61.1 Å². The van der Waals surface area contributed by atoms with E-state index in [0.29, 0.717) is 41.2 Å². The quantitative estimate of drug-likeness (QED) is 0.588. The molecule has 8 heteroatoms. The van der Waals surface area contributed by atoms with Crippen molar-refractivity contribution in [3.8, 4) is 11.5 Å². The van der Waals surface area contributed by atoms with Gasteiger partial charge in [-0.15, -0.1) is 0 Å². The van der Waals surface area contributed by atoms with Gasteiger partial charge >= 0.3 is 0 Å². The van der Waals surface area contributed by atoms with E-state index in [1.807, 2.05) is 0 Å². The Morgan fingerprint density at radius 2 is 1.97 bits per heavy atom. The van der Waals surface area contributed by atoms with E-state index in [-0.39, 0.29) is 10.8 Å². The number of ether oxygens (including phenoxy) is 2. The molecule has 1 heterocycles. The Bertz CT molecular complexity index is 1080. The van der Waals surface area contributed by atoms with Gasteiger partial charge in [0, 0.05) is 24.1 Å². The molecule has 0 unspecified atom stereocenters. The Morgan fingerprint density at radius 3 is 2.61 bits per heavy atom. The molecule has 0 aromatic heterocycles. The summed E-state index contributed by atoms with van der Waals surface area (Å²) in [5.41, 5.74) is 1.95. The summed E-state index contributed by atoms with van der Waals surface area (Å²) in [6.07, 6.45) is 3.52. The van der Waals surface area contributed by atoms with Gasteiger partial charge in [0.1, 0.15) is 0 Å². The van der Waals surface area contributed by atoms with Crippen molar-refractivity contribution in [3.05, 3.63) is 46.5 Å². The van der Waals surface area contributed by atoms with E-state index in [4.69, 9.17) is 21.1 Å². The average molecular weight is 466 g/mol. The smallest absolute Gasteiger partial charge is 0.258 e. The van der Waals surface area contributed by atoms with Crippen LogP contribution in [0.25, 0.3) is 0 Å². The first kappa shape index (κ1) is 23.4. The van der Waals surface area contributed by atoms with Gasteiger partial charge < -0.3 is 14.4 Å². The Kier molecular flexibility index (Phi) is 7.17. The molecule has 0 bridgehead atoms. The zero-order valence-electron chi connectivity index (χ0n) is 18.3. The summed E-state index contributed by atoms with van der Waals surface area (Å²) in [6, 6.07) is 8.13. The van der Waals surface area contributed by atoms with E-state index < -0.39 is 9.84 Å². The van der Waals surface area contributed by atoms with E-state index in [2.05, 4.69) is 13.8 Å². The first-order chi connectivity index (χ1) is 14.6. The van der Waals surface area contributed by atoms with Gasteiger partial charge in [0.15, 0.2) is 21.3 Å². The zero-order valence-corrected chi connectivity index (χ0v) is 19.8. The Hall–Kier alpha value is -2.25. The number of hydrogen-bond acceptors (Lipinski definition) is 5. The molecule has 0 spiro atoms. The summed E-state index contributed by atoms with van der Waals surface area (Å²) in [6.45, 7) is 5.26. The second-order valence-corrected chi connectivity index (χ2v) is 10.6. The van der Waals surface area contributed by atoms with Gasteiger partial charge in [-0.1, -0.05) is 25.4 Å². The van der Waals surface area contributed by atoms with Gasteiger partial charge in [0.25, 0.3) is 5.91 Å². The molecule has 0 saturated heterocycles. The minimum Gasteiger partial charge on any atom is -0.493 e. The molecular formula is C23H28ClNO5S. The summed E-state index contributed by atoms with van der Waals surface area (Å²) in [7, 11) is -1.80. The van der Waals surface area contributed by atoms with Crippen LogP contribution >= 0.6 is 11.6 Å². The lowest BCUT2D eigenvalue weighted by Gasteiger charge is -2.30. The Labute approximate surface area is 189 Å². The van der Waals surface area contributed by atoms with Crippen LogP contribution in [-0.2, 0) is 16.3 Å². The van der Waals surface area contributed by atoms with Crippen LogP contribution in [0.4, 0.5) is 5.69 Å². The minimum atomic E-state index is -3.31. The topological polar surface area (TPSA) is 72.9 Å². The predicted octanol–water partition coefficient (Wildman–Crippen LogP) is 4.77. The van der Waals surface area contributed by atoms with Gasteiger partial charge in [0.2, 0.25) is 0 Å². The normalized spacial score (nSPS) is 13.8. The fourth-order valence-corrected chi connectivity index (χ4v) is 4.49. The lowest BCUT2D eigenvalue weighted by Crippen LogP contribution is -2.35. The first-order valence-electron chi connectivity index (χ1n) is 10.3. The van der Waals surface area contributed by atoms with Crippen LogP contribution < -0.4 is 14.4 Å². The van der Waals surface area contributed by atoms with Gasteiger partial charge in [0.05, 0.1) is 23.6 Å². The maximum Gasteiger partial charge on any atom is 0.258 e. The van der Waals surface area contributed by atoms with Gasteiger partial charge in [-0.2, -0.15) is 0 Å². The number of benzene rings is 2. The van der Waals surface area contributed by atoms with Crippen LogP contribution in [0, 0.1) is 5.92 Å². The summed E-state index contributed by atoms with van der Waals surface area (Å²) >= 11 is 6.44. The Balaban J connectivity index is 1.91. The van der Waals surface area contributed by atoms with Crippen molar-refractivity contribution in [2.24, 2.45) is 5.92 Å². The third-order valence-electron chi connectivity index (χ3n) is 5.26. The van der Waals surface area contributed by atoms with Crippen LogP contribution in [0.15, 0.2) is 35.2 Å². The molecule has 1 aliphatic heterocycles. The fourth-order valence-electron chi connectivity index (χ4n) is 3.55. The summed E-state index contributed by atoms with van der Waals surface area (Å²) in [5.74, 6) is 1.11. The standard InChI is InChI=1S/C23H28ClNO5S/c1-15(2)9-11-30-22-19(24)13-17(14-21(22)29-3)23(26)25-10-5-6-16-12-18(31(4,27)28)7-8-20(16)25/h7-8,12-15H,5-6,9-11H2,1-4H3. The van der Waals surface area contributed by atoms with Crippen molar-refractivity contribution in [1.29, 1.82) is 0 Å². The molecule has 1 aliphatic rings. The van der Waals surface area contributed by atoms with Gasteiger partial charge in [-0.3, -0.25) is 4.79 Å². The second kappa shape index (κ2) is 9.49. The van der Waals surface area contributed by atoms with Crippen molar-refractivity contribution >= 4 is 33.0 Å². The number of rotatable bonds is 7. The maximum atomic E-state index is 13.3. The molecular weight excluding hydrogens is 438 g/mol. The van der Waals surface area contributed by atoms with Crippen LogP contribution in [0.1, 0.15) is 42.6 Å². The summed E-state index contributed by atoms with van der Waals surface area (Å²) in [4.78, 5) is 15.3. The highest BCUT2D eigenvalue weighted by molar-refractivity contribution is 7.90. The molecule has 31 heavy (non-hydrogen) atoms. The molecule has 2 aromatic rings. The maximum absolute atomic E-state index is 13.3. The molecule has 0 N–H and O–H groups in total.